The molecule has 76 valence electrons. The van der Waals surface area contributed by atoms with Crippen LogP contribution in [0, 0.1) is 6.92 Å². The molecule has 0 aliphatic carbocycles. The summed E-state index contributed by atoms with van der Waals surface area (Å²) >= 11 is 1.30. The Morgan fingerprint density at radius 3 is 2.57 bits per heavy atom. The van der Waals surface area contributed by atoms with Gasteiger partial charge in [0.2, 0.25) is 0 Å². The number of nitrogens with zero attached hydrogens (tertiary/aromatic N) is 1. The lowest BCUT2D eigenvalue weighted by Gasteiger charge is -1.93. The number of benzene rings is 1. The van der Waals surface area contributed by atoms with Gasteiger partial charge >= 0.3 is 4.87 Å². The Balaban J connectivity index is 0.000000461. The third-order valence-electron chi connectivity index (χ3n) is 1.95. The monoisotopic (exact) mass is 209 g/mol. The Bertz CT molecular complexity index is 481. The number of hydrogen-bond donors (Lipinski definition) is 0. The van der Waals surface area contributed by atoms with Gasteiger partial charge in [0.15, 0.2) is 0 Å². The average molecular weight is 209 g/mol. The quantitative estimate of drug-likeness (QED) is 0.654. The molecule has 3 heteroatoms. The van der Waals surface area contributed by atoms with Crippen LogP contribution >= 0.6 is 11.3 Å². The van der Waals surface area contributed by atoms with Gasteiger partial charge in [-0.2, -0.15) is 0 Å². The first-order valence-corrected chi connectivity index (χ1v) is 5.56. The fraction of sp³-hybridized carbons (Fsp3) is 0.364. The van der Waals surface area contributed by atoms with Crippen LogP contribution in [-0.2, 0) is 7.05 Å². The van der Waals surface area contributed by atoms with Crippen LogP contribution in [0.3, 0.4) is 0 Å². The molecular formula is C11H15NOS. The minimum absolute atomic E-state index is 0.107. The van der Waals surface area contributed by atoms with Crippen molar-refractivity contribution in [3.05, 3.63) is 33.4 Å². The van der Waals surface area contributed by atoms with Crippen molar-refractivity contribution in [1.82, 2.24) is 4.57 Å². The summed E-state index contributed by atoms with van der Waals surface area (Å²) in [5.74, 6) is 0. The van der Waals surface area contributed by atoms with E-state index in [-0.39, 0.29) is 4.87 Å². The average Bonchev–Trinajstić information content (AvgIpc) is 2.45. The normalized spacial score (nSPS) is 9.71. The highest BCUT2D eigenvalue weighted by Crippen LogP contribution is 2.17. The number of aryl methyl sites for hydroxylation is 2. The van der Waals surface area contributed by atoms with Crippen LogP contribution in [0.4, 0.5) is 0 Å². The molecule has 2 nitrogen and oxygen atoms in total. The molecule has 0 fully saturated rings. The van der Waals surface area contributed by atoms with Crippen molar-refractivity contribution in [2.75, 3.05) is 0 Å². The van der Waals surface area contributed by atoms with Gasteiger partial charge in [-0.3, -0.25) is 4.79 Å². The number of aromatic nitrogens is 1. The molecule has 0 spiro atoms. The largest absolute Gasteiger partial charge is 0.307 e. The molecule has 2 rings (SSSR count). The van der Waals surface area contributed by atoms with Crippen molar-refractivity contribution >= 4 is 21.6 Å². The number of rotatable bonds is 0. The first kappa shape index (κ1) is 11.0. The molecule has 0 aliphatic heterocycles. The zero-order valence-corrected chi connectivity index (χ0v) is 9.81. The molecule has 0 N–H and O–H groups in total. The summed E-state index contributed by atoms with van der Waals surface area (Å²) in [6.07, 6.45) is 0. The number of hydrogen-bond acceptors (Lipinski definition) is 2. The van der Waals surface area contributed by atoms with Crippen LogP contribution < -0.4 is 4.87 Å². The molecule has 1 heterocycles. The molecule has 0 amide bonds. The molecule has 0 atom stereocenters. The van der Waals surface area contributed by atoms with Gasteiger partial charge in [0.1, 0.15) is 0 Å². The summed E-state index contributed by atoms with van der Waals surface area (Å²) in [7, 11) is 1.80. The van der Waals surface area contributed by atoms with E-state index >= 15 is 0 Å². The fourth-order valence-corrected chi connectivity index (χ4v) is 2.22. The van der Waals surface area contributed by atoms with Gasteiger partial charge in [-0.15, -0.1) is 0 Å². The fourth-order valence-electron chi connectivity index (χ4n) is 1.24. The second kappa shape index (κ2) is 4.42. The van der Waals surface area contributed by atoms with Crippen LogP contribution in [0.2, 0.25) is 0 Å². The molecule has 0 aliphatic rings. The standard InChI is InChI=1S/C9H9NOS.C2H6/c1-6-3-4-7-8(5-6)12-9(11)10(7)2;1-2/h3-5H,1-2H3;1-2H3. The van der Waals surface area contributed by atoms with Crippen LogP contribution in [0.25, 0.3) is 10.2 Å². The highest BCUT2D eigenvalue weighted by molar-refractivity contribution is 7.16. The maximum absolute atomic E-state index is 11.2. The lowest BCUT2D eigenvalue weighted by molar-refractivity contribution is 0.938. The van der Waals surface area contributed by atoms with Crippen molar-refractivity contribution in [3.8, 4) is 0 Å². The summed E-state index contributed by atoms with van der Waals surface area (Å²) in [5.41, 5.74) is 2.22. The molecule has 2 aromatic rings. The number of thiazole rings is 1. The minimum Gasteiger partial charge on any atom is -0.302 e. The Morgan fingerprint density at radius 1 is 1.29 bits per heavy atom. The molecule has 1 aromatic heterocycles. The summed E-state index contributed by atoms with van der Waals surface area (Å²) in [4.78, 5) is 11.3. The first-order chi connectivity index (χ1) is 6.68. The number of fused-ring (bicyclic) bond motifs is 1. The van der Waals surface area contributed by atoms with E-state index in [1.165, 1.54) is 16.9 Å². The van der Waals surface area contributed by atoms with Gasteiger partial charge in [-0.1, -0.05) is 31.3 Å². The van der Waals surface area contributed by atoms with Crippen molar-refractivity contribution in [2.24, 2.45) is 7.05 Å². The van der Waals surface area contributed by atoms with E-state index in [0.717, 1.165) is 10.2 Å². The zero-order valence-electron chi connectivity index (χ0n) is 9.00. The maximum atomic E-state index is 11.2. The Labute approximate surface area is 87.8 Å². The van der Waals surface area contributed by atoms with Crippen molar-refractivity contribution in [3.63, 3.8) is 0 Å². The van der Waals surface area contributed by atoms with Gasteiger partial charge in [0, 0.05) is 7.05 Å². The third kappa shape index (κ3) is 1.87. The molecule has 0 saturated carbocycles. The van der Waals surface area contributed by atoms with E-state index in [4.69, 9.17) is 0 Å². The van der Waals surface area contributed by atoms with Crippen LogP contribution in [0.5, 0.6) is 0 Å². The Hall–Kier alpha value is -1.09. The van der Waals surface area contributed by atoms with Crippen LogP contribution in [0.15, 0.2) is 23.0 Å². The SMILES string of the molecule is CC.Cc1ccc2c(c1)sc(=O)n2C. The maximum Gasteiger partial charge on any atom is 0.307 e. The highest BCUT2D eigenvalue weighted by atomic mass is 32.1. The molecule has 14 heavy (non-hydrogen) atoms. The van der Waals surface area contributed by atoms with E-state index in [1.807, 2.05) is 39.0 Å². The van der Waals surface area contributed by atoms with Crippen molar-refractivity contribution in [2.45, 2.75) is 20.8 Å². The van der Waals surface area contributed by atoms with E-state index in [0.29, 0.717) is 0 Å². The topological polar surface area (TPSA) is 22.0 Å². The van der Waals surface area contributed by atoms with E-state index in [1.54, 1.807) is 11.6 Å². The molecule has 0 saturated heterocycles. The van der Waals surface area contributed by atoms with Crippen molar-refractivity contribution < 1.29 is 0 Å². The lowest BCUT2D eigenvalue weighted by atomic mass is 10.2. The van der Waals surface area contributed by atoms with Crippen LogP contribution in [-0.4, -0.2) is 4.57 Å². The lowest BCUT2D eigenvalue weighted by Crippen LogP contribution is -2.06. The van der Waals surface area contributed by atoms with Gasteiger partial charge in [-0.25, -0.2) is 0 Å². The zero-order chi connectivity index (χ0) is 10.7. The molecule has 1 aromatic carbocycles. The van der Waals surface area contributed by atoms with Crippen LogP contribution in [0.1, 0.15) is 19.4 Å². The molecular weight excluding hydrogens is 194 g/mol. The van der Waals surface area contributed by atoms with Gasteiger partial charge in [-0.05, 0) is 24.6 Å². The molecule has 0 unspecified atom stereocenters. The molecule has 0 radical (unpaired) electrons. The molecule has 0 bridgehead atoms. The third-order valence-corrected chi connectivity index (χ3v) is 2.94. The van der Waals surface area contributed by atoms with Crippen molar-refractivity contribution in [1.29, 1.82) is 0 Å². The minimum atomic E-state index is 0.107. The summed E-state index contributed by atoms with van der Waals surface area (Å²) in [5, 5.41) is 0. The van der Waals surface area contributed by atoms with Gasteiger partial charge in [0.05, 0.1) is 10.2 Å². The van der Waals surface area contributed by atoms with Gasteiger partial charge < -0.3 is 4.57 Å². The smallest absolute Gasteiger partial charge is 0.302 e. The highest BCUT2D eigenvalue weighted by Gasteiger charge is 2.02. The summed E-state index contributed by atoms with van der Waals surface area (Å²) < 4.78 is 2.75. The van der Waals surface area contributed by atoms with E-state index < -0.39 is 0 Å². The Morgan fingerprint density at radius 2 is 1.93 bits per heavy atom. The van der Waals surface area contributed by atoms with E-state index in [9.17, 15) is 4.79 Å². The Kier molecular flexibility index (Phi) is 3.47. The first-order valence-electron chi connectivity index (χ1n) is 4.74. The van der Waals surface area contributed by atoms with Gasteiger partial charge in [0.25, 0.3) is 0 Å². The second-order valence-electron chi connectivity index (χ2n) is 2.90. The van der Waals surface area contributed by atoms with E-state index in [2.05, 4.69) is 0 Å². The summed E-state index contributed by atoms with van der Waals surface area (Å²) in [6, 6.07) is 6.05. The predicted octanol–water partition coefficient (Wildman–Crippen LogP) is 2.93. The predicted molar refractivity (Wildman–Crippen MR) is 63.2 cm³/mol. The summed E-state index contributed by atoms with van der Waals surface area (Å²) in [6.45, 7) is 6.03. The second-order valence-corrected chi connectivity index (χ2v) is 3.89.